The van der Waals surface area contributed by atoms with E-state index < -0.39 is 21.8 Å². The predicted molar refractivity (Wildman–Crippen MR) is 92.0 cm³/mol. The zero-order valence-corrected chi connectivity index (χ0v) is 14.6. The number of aromatic carboxylic acids is 1. The van der Waals surface area contributed by atoms with Gasteiger partial charge in [-0.3, -0.25) is 4.31 Å². The molecule has 0 bridgehead atoms. The van der Waals surface area contributed by atoms with E-state index in [9.17, 15) is 17.6 Å². The molecule has 0 amide bonds. The highest BCUT2D eigenvalue weighted by Gasteiger charge is 2.21. The van der Waals surface area contributed by atoms with Gasteiger partial charge in [-0.15, -0.1) is 0 Å². The number of anilines is 1. The molecule has 0 aliphatic carbocycles. The maximum Gasteiger partial charge on any atom is 0.335 e. The van der Waals surface area contributed by atoms with Crippen LogP contribution in [0, 0.1) is 5.82 Å². The second-order valence-electron chi connectivity index (χ2n) is 5.31. The third-order valence-electron chi connectivity index (χ3n) is 3.44. The van der Waals surface area contributed by atoms with Gasteiger partial charge in [-0.1, -0.05) is 0 Å². The lowest BCUT2D eigenvalue weighted by Crippen LogP contribution is -2.29. The van der Waals surface area contributed by atoms with Crippen molar-refractivity contribution in [3.05, 3.63) is 59.4 Å². The van der Waals surface area contributed by atoms with Crippen molar-refractivity contribution in [2.75, 3.05) is 17.2 Å². The maximum absolute atomic E-state index is 13.1. The summed E-state index contributed by atoms with van der Waals surface area (Å²) in [4.78, 5) is 11.2. The Labute approximate surface area is 145 Å². The lowest BCUT2D eigenvalue weighted by Gasteiger charge is -2.24. The van der Waals surface area contributed by atoms with Gasteiger partial charge >= 0.3 is 5.97 Å². The molecule has 1 N–H and O–H groups in total. The first-order chi connectivity index (χ1) is 11.7. The standard InChI is InChI=1S/C17H18FNO5S/c1-3-24-16-9-4-12(17(20)21)10-13(16)11-19(25(2,22)23)15-7-5-14(18)6-8-15/h4-10H,3,11H2,1-2H3,(H,20,21). The Morgan fingerprint density at radius 3 is 2.36 bits per heavy atom. The van der Waals surface area contributed by atoms with E-state index in [1.165, 1.54) is 30.3 Å². The summed E-state index contributed by atoms with van der Waals surface area (Å²) in [5.74, 6) is -1.22. The fourth-order valence-corrected chi connectivity index (χ4v) is 3.17. The van der Waals surface area contributed by atoms with Gasteiger partial charge in [0, 0.05) is 5.56 Å². The van der Waals surface area contributed by atoms with Gasteiger partial charge in [0.2, 0.25) is 10.0 Å². The number of sulfonamides is 1. The highest BCUT2D eigenvalue weighted by Crippen LogP contribution is 2.27. The third kappa shape index (κ3) is 4.69. The second kappa shape index (κ2) is 7.52. The number of benzene rings is 2. The minimum Gasteiger partial charge on any atom is -0.494 e. The highest BCUT2D eigenvalue weighted by molar-refractivity contribution is 7.92. The highest BCUT2D eigenvalue weighted by atomic mass is 32.2. The van der Waals surface area contributed by atoms with Crippen molar-refractivity contribution in [3.8, 4) is 5.75 Å². The number of carboxylic acid groups (broad SMARTS) is 1. The Morgan fingerprint density at radius 2 is 1.84 bits per heavy atom. The van der Waals surface area contributed by atoms with Crippen molar-refractivity contribution >= 4 is 21.7 Å². The lowest BCUT2D eigenvalue weighted by molar-refractivity contribution is 0.0696. The van der Waals surface area contributed by atoms with E-state index in [0.717, 1.165) is 22.7 Å². The van der Waals surface area contributed by atoms with Gasteiger partial charge in [0.05, 0.1) is 30.7 Å². The maximum atomic E-state index is 13.1. The number of nitrogens with zero attached hydrogens (tertiary/aromatic N) is 1. The number of rotatable bonds is 7. The van der Waals surface area contributed by atoms with E-state index >= 15 is 0 Å². The predicted octanol–water partition coefficient (Wildman–Crippen LogP) is 2.89. The number of carboxylic acids is 1. The zero-order valence-electron chi connectivity index (χ0n) is 13.8. The molecular formula is C17H18FNO5S. The molecule has 0 atom stereocenters. The Balaban J connectivity index is 2.49. The van der Waals surface area contributed by atoms with Gasteiger partial charge in [0.15, 0.2) is 0 Å². The van der Waals surface area contributed by atoms with Gasteiger partial charge < -0.3 is 9.84 Å². The van der Waals surface area contributed by atoms with E-state index in [2.05, 4.69) is 0 Å². The quantitative estimate of drug-likeness (QED) is 0.813. The average molecular weight is 367 g/mol. The van der Waals surface area contributed by atoms with E-state index in [1.54, 1.807) is 6.92 Å². The number of carbonyl (C=O) groups is 1. The van der Waals surface area contributed by atoms with Crippen LogP contribution in [0.3, 0.4) is 0 Å². The summed E-state index contributed by atoms with van der Waals surface area (Å²) in [5.41, 5.74) is 0.689. The smallest absolute Gasteiger partial charge is 0.335 e. The molecule has 2 aromatic rings. The first-order valence-electron chi connectivity index (χ1n) is 7.44. The summed E-state index contributed by atoms with van der Waals surface area (Å²) in [6, 6.07) is 9.26. The summed E-state index contributed by atoms with van der Waals surface area (Å²) < 4.78 is 44.0. The molecule has 0 aliphatic rings. The minimum absolute atomic E-state index is 0.0195. The van der Waals surface area contributed by atoms with Gasteiger partial charge in [-0.25, -0.2) is 17.6 Å². The van der Waals surface area contributed by atoms with Crippen molar-refractivity contribution in [1.82, 2.24) is 0 Å². The molecule has 0 saturated heterocycles. The third-order valence-corrected chi connectivity index (χ3v) is 4.58. The Kier molecular flexibility index (Phi) is 5.63. The SMILES string of the molecule is CCOc1ccc(C(=O)O)cc1CN(c1ccc(F)cc1)S(C)(=O)=O. The van der Waals surface area contributed by atoms with Crippen LogP contribution in [-0.4, -0.2) is 32.4 Å². The molecule has 2 rings (SSSR count). The zero-order chi connectivity index (χ0) is 18.6. The van der Waals surface area contributed by atoms with E-state index in [-0.39, 0.29) is 17.8 Å². The molecule has 0 radical (unpaired) electrons. The Hall–Kier alpha value is -2.61. The van der Waals surface area contributed by atoms with Crippen LogP contribution in [0.2, 0.25) is 0 Å². The fraction of sp³-hybridized carbons (Fsp3) is 0.235. The number of halogens is 1. The summed E-state index contributed by atoms with van der Waals surface area (Å²) in [6.07, 6.45) is 1.03. The van der Waals surface area contributed by atoms with Crippen molar-refractivity contribution in [2.24, 2.45) is 0 Å². The van der Waals surface area contributed by atoms with Crippen LogP contribution in [0.4, 0.5) is 10.1 Å². The monoisotopic (exact) mass is 367 g/mol. The van der Waals surface area contributed by atoms with Crippen LogP contribution < -0.4 is 9.04 Å². The van der Waals surface area contributed by atoms with Crippen LogP contribution in [0.15, 0.2) is 42.5 Å². The summed E-state index contributed by atoms with van der Waals surface area (Å²) in [6.45, 7) is 1.97. The molecule has 0 unspecified atom stereocenters. The normalized spacial score (nSPS) is 11.2. The first-order valence-corrected chi connectivity index (χ1v) is 9.29. The van der Waals surface area contributed by atoms with Crippen LogP contribution in [0.5, 0.6) is 5.75 Å². The molecule has 0 saturated carbocycles. The van der Waals surface area contributed by atoms with Crippen LogP contribution in [-0.2, 0) is 16.6 Å². The van der Waals surface area contributed by atoms with E-state index in [1.807, 2.05) is 0 Å². The van der Waals surface area contributed by atoms with Crippen molar-refractivity contribution in [2.45, 2.75) is 13.5 Å². The Bertz CT molecular complexity index is 865. The molecule has 0 aliphatic heterocycles. The number of hydrogen-bond donors (Lipinski definition) is 1. The molecule has 2 aromatic carbocycles. The second-order valence-corrected chi connectivity index (χ2v) is 7.21. The van der Waals surface area contributed by atoms with Gasteiger partial charge in [-0.05, 0) is 49.4 Å². The molecule has 134 valence electrons. The Morgan fingerprint density at radius 1 is 1.20 bits per heavy atom. The van der Waals surface area contributed by atoms with Crippen molar-refractivity contribution in [3.63, 3.8) is 0 Å². The fourth-order valence-electron chi connectivity index (χ4n) is 2.29. The van der Waals surface area contributed by atoms with Crippen LogP contribution >= 0.6 is 0 Å². The lowest BCUT2D eigenvalue weighted by atomic mass is 10.1. The van der Waals surface area contributed by atoms with Gasteiger partial charge in [0.1, 0.15) is 11.6 Å². The molecule has 0 fully saturated rings. The number of ether oxygens (including phenoxy) is 1. The van der Waals surface area contributed by atoms with E-state index in [0.29, 0.717) is 17.9 Å². The van der Waals surface area contributed by atoms with Crippen molar-refractivity contribution < 1.29 is 27.4 Å². The average Bonchev–Trinajstić information content (AvgIpc) is 2.54. The molecule has 0 spiro atoms. The van der Waals surface area contributed by atoms with Gasteiger partial charge in [-0.2, -0.15) is 0 Å². The largest absolute Gasteiger partial charge is 0.494 e. The molecule has 0 aromatic heterocycles. The molecule has 6 nitrogen and oxygen atoms in total. The minimum atomic E-state index is -3.69. The topological polar surface area (TPSA) is 83.9 Å². The van der Waals surface area contributed by atoms with Crippen LogP contribution in [0.25, 0.3) is 0 Å². The van der Waals surface area contributed by atoms with E-state index in [4.69, 9.17) is 9.84 Å². The summed E-state index contributed by atoms with van der Waals surface area (Å²) >= 11 is 0. The summed E-state index contributed by atoms with van der Waals surface area (Å²) in [5, 5.41) is 9.16. The molecule has 0 heterocycles. The molecular weight excluding hydrogens is 349 g/mol. The van der Waals surface area contributed by atoms with Gasteiger partial charge in [0.25, 0.3) is 0 Å². The first kappa shape index (κ1) is 18.7. The van der Waals surface area contributed by atoms with Crippen LogP contribution in [0.1, 0.15) is 22.8 Å². The van der Waals surface area contributed by atoms with Crippen molar-refractivity contribution in [1.29, 1.82) is 0 Å². The number of hydrogen-bond acceptors (Lipinski definition) is 4. The summed E-state index contributed by atoms with van der Waals surface area (Å²) in [7, 11) is -3.69. The molecule has 8 heteroatoms. The molecule has 25 heavy (non-hydrogen) atoms.